The number of esters is 2. The van der Waals surface area contributed by atoms with Gasteiger partial charge in [0.1, 0.15) is 0 Å². The minimum Gasteiger partial charge on any atom is -0.464 e. The summed E-state index contributed by atoms with van der Waals surface area (Å²) in [4.78, 5) is 23.1. The van der Waals surface area contributed by atoms with Crippen molar-refractivity contribution >= 4 is 29.7 Å². The van der Waals surface area contributed by atoms with E-state index in [0.717, 1.165) is 13.8 Å². The molecule has 0 N–H and O–H groups in total. The molecule has 0 spiro atoms. The zero-order valence-electron chi connectivity index (χ0n) is 14.8. The molecule has 0 rings (SSSR count). The molecular formula is C12H20F3O10PS. The van der Waals surface area contributed by atoms with E-state index in [-0.39, 0.29) is 13.2 Å². The van der Waals surface area contributed by atoms with Crippen molar-refractivity contribution in [2.75, 3.05) is 19.6 Å². The first-order valence-corrected chi connectivity index (χ1v) is 10.6. The maximum Gasteiger partial charge on any atom is 0.523 e. The number of hydrogen-bond acceptors (Lipinski definition) is 10. The van der Waals surface area contributed by atoms with Crippen LogP contribution in [0.2, 0.25) is 0 Å². The highest BCUT2D eigenvalue weighted by molar-refractivity contribution is 7.87. The van der Waals surface area contributed by atoms with Crippen molar-refractivity contribution in [3.8, 4) is 0 Å². The number of carbonyl (C=O) groups excluding carboxylic acids is 2. The molecule has 0 aromatic rings. The van der Waals surface area contributed by atoms with Crippen LogP contribution in [0.4, 0.5) is 13.2 Å². The molecule has 0 aromatic carbocycles. The van der Waals surface area contributed by atoms with E-state index in [0.29, 0.717) is 0 Å². The number of ether oxygens (including phenoxy) is 2. The molecule has 10 nitrogen and oxygen atoms in total. The predicted molar refractivity (Wildman–Crippen MR) is 82.9 cm³/mol. The summed E-state index contributed by atoms with van der Waals surface area (Å²) in [5.74, 6) is -2.10. The van der Waals surface area contributed by atoms with E-state index in [4.69, 9.17) is 9.05 Å². The third kappa shape index (κ3) is 8.56. The second-order valence-corrected chi connectivity index (χ2v) is 8.27. The highest BCUT2D eigenvalue weighted by Crippen LogP contribution is 2.51. The maximum atomic E-state index is 12.6. The van der Waals surface area contributed by atoms with Gasteiger partial charge >= 0.3 is 35.2 Å². The highest BCUT2D eigenvalue weighted by atomic mass is 32.2. The zero-order chi connectivity index (χ0) is 21.5. The van der Waals surface area contributed by atoms with E-state index in [9.17, 15) is 35.7 Å². The van der Waals surface area contributed by atoms with E-state index in [2.05, 4.69) is 13.7 Å². The summed E-state index contributed by atoms with van der Waals surface area (Å²) in [6.45, 7) is 4.78. The first kappa shape index (κ1) is 25.8. The molecule has 0 aromatic heterocycles. The number of hydrogen-bond donors (Lipinski definition) is 0. The fraction of sp³-hybridized carbons (Fsp3) is 0.833. The quantitative estimate of drug-likeness (QED) is 0.202. The van der Waals surface area contributed by atoms with Crippen molar-refractivity contribution in [3.63, 3.8) is 0 Å². The Hall–Kier alpha value is -1.21. The molecule has 2 atom stereocenters. The Kier molecular flexibility index (Phi) is 9.90. The minimum atomic E-state index is -6.13. The Morgan fingerprint density at radius 3 is 1.63 bits per heavy atom. The van der Waals surface area contributed by atoms with Crippen molar-refractivity contribution in [3.05, 3.63) is 0 Å². The van der Waals surface area contributed by atoms with Crippen molar-refractivity contribution in [2.24, 2.45) is 0 Å². The molecule has 0 saturated carbocycles. The topological polar surface area (TPSA) is 132 Å². The van der Waals surface area contributed by atoms with Gasteiger partial charge in [0.25, 0.3) is 0 Å². The van der Waals surface area contributed by atoms with Gasteiger partial charge in [0.2, 0.25) is 0 Å². The minimum absolute atomic E-state index is 0.0874. The van der Waals surface area contributed by atoms with Gasteiger partial charge in [-0.05, 0) is 27.7 Å². The first-order valence-electron chi connectivity index (χ1n) is 7.44. The van der Waals surface area contributed by atoms with Crippen molar-refractivity contribution in [2.45, 2.75) is 45.4 Å². The molecular weight excluding hydrogens is 424 g/mol. The van der Waals surface area contributed by atoms with Crippen LogP contribution in [0.15, 0.2) is 0 Å². The van der Waals surface area contributed by atoms with Crippen LogP contribution in [0, 0.1) is 0 Å². The number of halogens is 3. The molecule has 160 valence electrons. The van der Waals surface area contributed by atoms with Gasteiger partial charge in [-0.1, -0.05) is 0 Å². The first-order chi connectivity index (χ1) is 12.2. The summed E-state index contributed by atoms with van der Waals surface area (Å²) in [6.07, 6.45) is -4.98. The normalized spacial score (nSPS) is 15.1. The summed E-state index contributed by atoms with van der Waals surface area (Å²) in [5, 5.41) is 0. The van der Waals surface area contributed by atoms with E-state index in [1.807, 2.05) is 0 Å². The third-order valence-electron chi connectivity index (χ3n) is 2.52. The van der Waals surface area contributed by atoms with Crippen molar-refractivity contribution in [1.29, 1.82) is 0 Å². The molecule has 0 amide bonds. The summed E-state index contributed by atoms with van der Waals surface area (Å²) in [6, 6.07) is 0. The highest BCUT2D eigenvalue weighted by Gasteiger charge is 2.49. The number of rotatable bonds is 11. The van der Waals surface area contributed by atoms with E-state index < -0.39 is 53.7 Å². The van der Waals surface area contributed by atoms with Gasteiger partial charge in [-0.15, -0.1) is 0 Å². The van der Waals surface area contributed by atoms with Crippen LogP contribution in [-0.2, 0) is 47.0 Å². The fourth-order valence-electron chi connectivity index (χ4n) is 1.37. The van der Waals surface area contributed by atoms with Gasteiger partial charge in [0.05, 0.1) is 13.2 Å². The smallest absolute Gasteiger partial charge is 0.464 e. The SMILES string of the molecule is CCOC(=O)[C@H](C)OP(=O)(COS(=O)(=O)C(F)(F)F)O[C@@H](C)C(=O)OCC. The predicted octanol–water partition coefficient (Wildman–Crippen LogP) is 1.94. The van der Waals surface area contributed by atoms with Crippen LogP contribution in [0.1, 0.15) is 27.7 Å². The zero-order valence-corrected chi connectivity index (χ0v) is 16.6. The summed E-state index contributed by atoms with van der Waals surface area (Å²) in [7, 11) is -11.0. The van der Waals surface area contributed by atoms with Gasteiger partial charge in [-0.25, -0.2) is 9.59 Å². The molecule has 15 heteroatoms. The van der Waals surface area contributed by atoms with E-state index >= 15 is 0 Å². The average molecular weight is 444 g/mol. The van der Waals surface area contributed by atoms with Crippen LogP contribution >= 0.6 is 7.60 Å². The third-order valence-corrected chi connectivity index (χ3v) is 5.41. The average Bonchev–Trinajstić information content (AvgIpc) is 2.52. The molecule has 0 aliphatic rings. The van der Waals surface area contributed by atoms with Gasteiger partial charge in [-0.2, -0.15) is 21.6 Å². The van der Waals surface area contributed by atoms with Gasteiger partial charge in [0, 0.05) is 0 Å². The van der Waals surface area contributed by atoms with Gasteiger partial charge in [-0.3, -0.25) is 17.8 Å². The van der Waals surface area contributed by atoms with Crippen LogP contribution in [-0.4, -0.2) is 57.6 Å². The Balaban J connectivity index is 5.45. The Morgan fingerprint density at radius 1 is 0.963 bits per heavy atom. The number of carbonyl (C=O) groups is 2. The van der Waals surface area contributed by atoms with Crippen LogP contribution in [0.25, 0.3) is 0 Å². The molecule has 27 heavy (non-hydrogen) atoms. The molecule has 0 unspecified atom stereocenters. The largest absolute Gasteiger partial charge is 0.523 e. The lowest BCUT2D eigenvalue weighted by molar-refractivity contribution is -0.152. The lowest BCUT2D eigenvalue weighted by Gasteiger charge is -2.23. The van der Waals surface area contributed by atoms with Crippen LogP contribution < -0.4 is 0 Å². The molecule has 0 saturated heterocycles. The monoisotopic (exact) mass is 444 g/mol. The van der Waals surface area contributed by atoms with Crippen molar-refractivity contribution in [1.82, 2.24) is 0 Å². The van der Waals surface area contributed by atoms with Crippen molar-refractivity contribution < 1.29 is 58.4 Å². The molecule has 0 aliphatic carbocycles. The number of alkyl halides is 3. The Labute approximate surface area is 153 Å². The second kappa shape index (κ2) is 10.4. The molecule has 0 heterocycles. The maximum absolute atomic E-state index is 12.6. The van der Waals surface area contributed by atoms with Gasteiger partial charge < -0.3 is 9.47 Å². The molecule has 0 bridgehead atoms. The summed E-state index contributed by atoms with van der Waals surface area (Å²) in [5.41, 5.74) is -5.79. The van der Waals surface area contributed by atoms with Crippen LogP contribution in [0.5, 0.6) is 0 Å². The lowest BCUT2D eigenvalue weighted by Crippen LogP contribution is -2.30. The standard InChI is InChI=1S/C12H20F3O10PS/c1-5-21-10(16)8(3)24-26(18,25-9(4)11(17)22-6-2)7-23-27(19,20)12(13,14)15/h8-9H,5-7H2,1-4H3/t8-,9-/m0/s1. The lowest BCUT2D eigenvalue weighted by atomic mass is 10.4. The summed E-state index contributed by atoms with van der Waals surface area (Å²) < 4.78 is 94.0. The Morgan fingerprint density at radius 2 is 1.33 bits per heavy atom. The van der Waals surface area contributed by atoms with E-state index in [1.165, 1.54) is 13.8 Å². The van der Waals surface area contributed by atoms with Crippen LogP contribution in [0.3, 0.4) is 0 Å². The molecule has 0 radical (unpaired) electrons. The summed E-state index contributed by atoms with van der Waals surface area (Å²) >= 11 is 0. The van der Waals surface area contributed by atoms with E-state index in [1.54, 1.807) is 0 Å². The molecule has 0 aliphatic heterocycles. The van der Waals surface area contributed by atoms with Gasteiger partial charge in [0.15, 0.2) is 18.6 Å². The second-order valence-electron chi connectivity index (χ2n) is 4.76. The Bertz CT molecular complexity index is 633. The fourth-order valence-corrected chi connectivity index (χ4v) is 3.89. The molecule has 0 fully saturated rings.